The van der Waals surface area contributed by atoms with Crippen molar-refractivity contribution in [2.24, 2.45) is 11.7 Å². The second-order valence-electron chi connectivity index (χ2n) is 5.62. The minimum absolute atomic E-state index is 0.262. The van der Waals surface area contributed by atoms with Crippen LogP contribution in [0.3, 0.4) is 0 Å². The van der Waals surface area contributed by atoms with E-state index in [0.717, 1.165) is 18.5 Å². The predicted octanol–water partition coefficient (Wildman–Crippen LogP) is 3.09. The quantitative estimate of drug-likeness (QED) is 0.889. The van der Waals surface area contributed by atoms with Crippen molar-refractivity contribution < 1.29 is 8.78 Å². The largest absolute Gasteiger partial charge is 0.323 e. The topological polar surface area (TPSA) is 29.3 Å². The molecule has 1 aromatic rings. The Morgan fingerprint density at radius 1 is 1.32 bits per heavy atom. The maximum Gasteiger partial charge on any atom is 0.163 e. The van der Waals surface area contributed by atoms with Gasteiger partial charge in [-0.3, -0.25) is 0 Å². The third-order valence-corrected chi connectivity index (χ3v) is 3.93. The highest BCUT2D eigenvalue weighted by Crippen LogP contribution is 2.26. The number of hydrogen-bond donors (Lipinski definition) is 1. The standard InChI is InChI=1S/C15H22F2N2/c1-19(9-11-5-2-3-6-11)10-14(18)12-7-4-8-13(16)15(12)17/h4,7-8,11,14H,2-3,5-6,9-10,18H2,1H3. The molecule has 4 heteroatoms. The highest BCUT2D eigenvalue weighted by Gasteiger charge is 2.20. The summed E-state index contributed by atoms with van der Waals surface area (Å²) in [5, 5.41) is 0. The number of hydrogen-bond acceptors (Lipinski definition) is 2. The van der Waals surface area contributed by atoms with Crippen LogP contribution >= 0.6 is 0 Å². The van der Waals surface area contributed by atoms with E-state index in [9.17, 15) is 8.78 Å². The molecule has 1 fully saturated rings. The van der Waals surface area contributed by atoms with E-state index in [2.05, 4.69) is 4.90 Å². The molecule has 0 saturated heterocycles. The molecule has 2 rings (SSSR count). The van der Waals surface area contributed by atoms with E-state index in [-0.39, 0.29) is 5.56 Å². The van der Waals surface area contributed by atoms with Crippen molar-refractivity contribution in [3.63, 3.8) is 0 Å². The maximum absolute atomic E-state index is 13.6. The van der Waals surface area contributed by atoms with Crippen molar-refractivity contribution in [3.8, 4) is 0 Å². The van der Waals surface area contributed by atoms with Gasteiger partial charge >= 0.3 is 0 Å². The van der Waals surface area contributed by atoms with Crippen LogP contribution in [-0.4, -0.2) is 25.0 Å². The van der Waals surface area contributed by atoms with Crippen molar-refractivity contribution in [1.29, 1.82) is 0 Å². The molecule has 1 aliphatic rings. The summed E-state index contributed by atoms with van der Waals surface area (Å²) in [6.45, 7) is 1.54. The number of halogens is 2. The molecule has 0 spiro atoms. The molecule has 1 unspecified atom stereocenters. The molecule has 0 radical (unpaired) electrons. The number of nitrogens with zero attached hydrogens (tertiary/aromatic N) is 1. The van der Waals surface area contributed by atoms with E-state index in [1.54, 1.807) is 6.07 Å². The van der Waals surface area contributed by atoms with Crippen LogP contribution in [0.25, 0.3) is 0 Å². The van der Waals surface area contributed by atoms with Crippen molar-refractivity contribution in [2.75, 3.05) is 20.1 Å². The van der Waals surface area contributed by atoms with Crippen LogP contribution in [0.2, 0.25) is 0 Å². The first-order valence-corrected chi connectivity index (χ1v) is 6.96. The Kier molecular flexibility index (Phi) is 4.88. The normalized spacial score (nSPS) is 18.2. The van der Waals surface area contributed by atoms with Gasteiger partial charge in [-0.1, -0.05) is 25.0 Å². The summed E-state index contributed by atoms with van der Waals surface area (Å²) in [5.74, 6) is -0.912. The minimum Gasteiger partial charge on any atom is -0.323 e. The van der Waals surface area contributed by atoms with Crippen molar-refractivity contribution in [3.05, 3.63) is 35.4 Å². The highest BCUT2D eigenvalue weighted by molar-refractivity contribution is 5.22. The van der Waals surface area contributed by atoms with Gasteiger partial charge in [0.1, 0.15) is 0 Å². The molecule has 1 saturated carbocycles. The zero-order valence-corrected chi connectivity index (χ0v) is 11.4. The smallest absolute Gasteiger partial charge is 0.163 e. The van der Waals surface area contributed by atoms with Crippen LogP contribution in [-0.2, 0) is 0 Å². The van der Waals surface area contributed by atoms with Gasteiger partial charge in [0.15, 0.2) is 11.6 Å². The molecule has 0 amide bonds. The van der Waals surface area contributed by atoms with Crippen LogP contribution in [0.1, 0.15) is 37.3 Å². The van der Waals surface area contributed by atoms with E-state index in [0.29, 0.717) is 6.54 Å². The maximum atomic E-state index is 13.6. The van der Waals surface area contributed by atoms with Gasteiger partial charge in [0.25, 0.3) is 0 Å². The first kappa shape index (κ1) is 14.4. The van der Waals surface area contributed by atoms with Crippen LogP contribution in [0, 0.1) is 17.6 Å². The molecule has 19 heavy (non-hydrogen) atoms. The molecule has 2 nitrogen and oxygen atoms in total. The van der Waals surface area contributed by atoms with E-state index in [4.69, 9.17) is 5.73 Å². The lowest BCUT2D eigenvalue weighted by atomic mass is 10.0. The molecule has 1 atom stereocenters. The van der Waals surface area contributed by atoms with Gasteiger partial charge in [0.2, 0.25) is 0 Å². The fraction of sp³-hybridized carbons (Fsp3) is 0.600. The Labute approximate surface area is 113 Å². The van der Waals surface area contributed by atoms with Crippen molar-refractivity contribution in [1.82, 2.24) is 4.90 Å². The molecule has 0 heterocycles. The molecule has 0 bridgehead atoms. The predicted molar refractivity (Wildman–Crippen MR) is 72.7 cm³/mol. The van der Waals surface area contributed by atoms with Gasteiger partial charge in [-0.2, -0.15) is 0 Å². The lowest BCUT2D eigenvalue weighted by molar-refractivity contribution is 0.261. The monoisotopic (exact) mass is 268 g/mol. The SMILES string of the molecule is CN(CC1CCCC1)CC(N)c1cccc(F)c1F. The average Bonchev–Trinajstić information content (AvgIpc) is 2.85. The van der Waals surface area contributed by atoms with Crippen LogP contribution in [0.5, 0.6) is 0 Å². The van der Waals surface area contributed by atoms with E-state index >= 15 is 0 Å². The van der Waals surface area contributed by atoms with Crippen LogP contribution < -0.4 is 5.73 Å². The Morgan fingerprint density at radius 3 is 2.68 bits per heavy atom. The summed E-state index contributed by atoms with van der Waals surface area (Å²) in [4.78, 5) is 2.13. The zero-order valence-electron chi connectivity index (χ0n) is 11.4. The Balaban J connectivity index is 1.92. The summed E-state index contributed by atoms with van der Waals surface area (Å²) < 4.78 is 26.8. The van der Waals surface area contributed by atoms with Gasteiger partial charge < -0.3 is 10.6 Å². The second-order valence-corrected chi connectivity index (χ2v) is 5.62. The van der Waals surface area contributed by atoms with Gasteiger partial charge in [0, 0.05) is 24.7 Å². The lowest BCUT2D eigenvalue weighted by Gasteiger charge is -2.24. The van der Waals surface area contributed by atoms with E-state index < -0.39 is 17.7 Å². The van der Waals surface area contributed by atoms with Gasteiger partial charge in [-0.15, -0.1) is 0 Å². The Hall–Kier alpha value is -1.00. The molecule has 2 N–H and O–H groups in total. The Morgan fingerprint density at radius 2 is 2.00 bits per heavy atom. The molecule has 0 aromatic heterocycles. The third-order valence-electron chi connectivity index (χ3n) is 3.93. The molecule has 0 aliphatic heterocycles. The van der Waals surface area contributed by atoms with Crippen LogP contribution in [0.15, 0.2) is 18.2 Å². The van der Waals surface area contributed by atoms with Crippen LogP contribution in [0.4, 0.5) is 8.78 Å². The van der Waals surface area contributed by atoms with E-state index in [1.807, 2.05) is 7.05 Å². The minimum atomic E-state index is -0.827. The number of rotatable bonds is 5. The molecule has 1 aromatic carbocycles. The lowest BCUT2D eigenvalue weighted by Crippen LogP contribution is -2.32. The Bertz CT molecular complexity index is 417. The second kappa shape index (κ2) is 6.44. The molecular formula is C15H22F2N2. The summed E-state index contributed by atoms with van der Waals surface area (Å²) in [5.41, 5.74) is 6.25. The summed E-state index contributed by atoms with van der Waals surface area (Å²) in [7, 11) is 2.00. The number of nitrogens with two attached hydrogens (primary N) is 1. The summed E-state index contributed by atoms with van der Waals surface area (Å²) in [6, 6.07) is 3.70. The zero-order chi connectivity index (χ0) is 13.8. The third kappa shape index (κ3) is 3.74. The fourth-order valence-electron chi connectivity index (χ4n) is 2.95. The molecule has 1 aliphatic carbocycles. The number of likely N-dealkylation sites (N-methyl/N-ethyl adjacent to an activating group) is 1. The molecule has 106 valence electrons. The first-order chi connectivity index (χ1) is 9.08. The van der Waals surface area contributed by atoms with Crippen molar-refractivity contribution in [2.45, 2.75) is 31.7 Å². The number of benzene rings is 1. The summed E-state index contributed by atoms with van der Waals surface area (Å²) in [6.07, 6.45) is 5.16. The van der Waals surface area contributed by atoms with E-state index in [1.165, 1.54) is 31.7 Å². The van der Waals surface area contributed by atoms with Gasteiger partial charge in [-0.25, -0.2) is 8.78 Å². The average molecular weight is 268 g/mol. The first-order valence-electron chi connectivity index (χ1n) is 6.96. The summed E-state index contributed by atoms with van der Waals surface area (Å²) >= 11 is 0. The molecular weight excluding hydrogens is 246 g/mol. The highest BCUT2D eigenvalue weighted by atomic mass is 19.2. The van der Waals surface area contributed by atoms with Gasteiger partial charge in [0.05, 0.1) is 0 Å². The fourth-order valence-corrected chi connectivity index (χ4v) is 2.95. The van der Waals surface area contributed by atoms with Crippen molar-refractivity contribution >= 4 is 0 Å². The van der Waals surface area contributed by atoms with Gasteiger partial charge in [-0.05, 0) is 31.9 Å².